The fourth-order valence-electron chi connectivity index (χ4n) is 1.67. The van der Waals surface area contributed by atoms with E-state index in [4.69, 9.17) is 5.73 Å². The van der Waals surface area contributed by atoms with Crippen molar-refractivity contribution in [3.63, 3.8) is 0 Å². The first-order valence-corrected chi connectivity index (χ1v) is 4.08. The molecule has 10 heavy (non-hydrogen) atoms. The number of hydrogen-bond donors (Lipinski definition) is 1. The third-order valence-corrected chi connectivity index (χ3v) is 2.40. The van der Waals surface area contributed by atoms with Crippen molar-refractivity contribution >= 4 is 0 Å². The van der Waals surface area contributed by atoms with Crippen LogP contribution in [0.3, 0.4) is 0 Å². The van der Waals surface area contributed by atoms with E-state index in [2.05, 4.69) is 0 Å². The molecular formula is C8H16FN. The van der Waals surface area contributed by atoms with E-state index in [-0.39, 0.29) is 5.92 Å². The van der Waals surface area contributed by atoms with Crippen LogP contribution in [-0.2, 0) is 0 Å². The maximum absolute atomic E-state index is 13.1. The van der Waals surface area contributed by atoms with Crippen molar-refractivity contribution < 1.29 is 4.39 Å². The lowest BCUT2D eigenvalue weighted by molar-refractivity contribution is 0.0816. The summed E-state index contributed by atoms with van der Waals surface area (Å²) in [6, 6.07) is 0. The highest BCUT2D eigenvalue weighted by molar-refractivity contribution is 4.78. The number of alkyl halides is 1. The van der Waals surface area contributed by atoms with E-state index >= 15 is 0 Å². The maximum atomic E-state index is 13.1. The van der Waals surface area contributed by atoms with E-state index in [0.717, 1.165) is 25.7 Å². The maximum Gasteiger partial charge on any atom is 0.159 e. The lowest BCUT2D eigenvalue weighted by Gasteiger charge is -2.29. The average Bonchev–Trinajstić information content (AvgIpc) is 1.88. The molecule has 0 aliphatic heterocycles. The van der Waals surface area contributed by atoms with Gasteiger partial charge >= 0.3 is 0 Å². The van der Waals surface area contributed by atoms with Crippen LogP contribution in [0, 0.1) is 5.92 Å². The van der Waals surface area contributed by atoms with Crippen molar-refractivity contribution in [1.29, 1.82) is 0 Å². The molecule has 0 saturated heterocycles. The second kappa shape index (κ2) is 2.87. The second-order valence-corrected chi connectivity index (χ2v) is 3.49. The van der Waals surface area contributed by atoms with E-state index in [1.165, 1.54) is 13.3 Å². The summed E-state index contributed by atoms with van der Waals surface area (Å²) >= 11 is 0. The van der Waals surface area contributed by atoms with Crippen molar-refractivity contribution in [2.24, 2.45) is 11.7 Å². The van der Waals surface area contributed by atoms with Gasteiger partial charge in [0.2, 0.25) is 0 Å². The van der Waals surface area contributed by atoms with Gasteiger partial charge in [0.1, 0.15) is 0 Å². The average molecular weight is 145 g/mol. The van der Waals surface area contributed by atoms with E-state index in [9.17, 15) is 4.39 Å². The predicted octanol–water partition coefficient (Wildman–Crippen LogP) is 2.21. The Kier molecular flexibility index (Phi) is 2.29. The third kappa shape index (κ3) is 1.94. The Hall–Kier alpha value is -0.110. The molecule has 1 saturated carbocycles. The number of halogens is 1. The third-order valence-electron chi connectivity index (χ3n) is 2.40. The summed E-state index contributed by atoms with van der Waals surface area (Å²) in [5, 5.41) is 0. The molecule has 0 aromatic carbocycles. The highest BCUT2D eigenvalue weighted by atomic mass is 19.1. The summed E-state index contributed by atoms with van der Waals surface area (Å²) in [6.07, 6.45) is 5.52. The fraction of sp³-hybridized carbons (Fsp3) is 1.00. The van der Waals surface area contributed by atoms with E-state index in [1.807, 2.05) is 0 Å². The van der Waals surface area contributed by atoms with Crippen LogP contribution < -0.4 is 5.73 Å². The molecule has 0 radical (unpaired) electrons. The van der Waals surface area contributed by atoms with E-state index in [1.54, 1.807) is 0 Å². The molecule has 0 heterocycles. The highest BCUT2D eigenvalue weighted by Gasteiger charge is 2.30. The lowest BCUT2D eigenvalue weighted by atomic mass is 9.84. The van der Waals surface area contributed by atoms with Gasteiger partial charge in [-0.1, -0.05) is 19.3 Å². The quantitative estimate of drug-likeness (QED) is 0.562. The smallest absolute Gasteiger partial charge is 0.159 e. The number of nitrogens with two attached hydrogens (primary N) is 1. The van der Waals surface area contributed by atoms with Crippen LogP contribution in [0.2, 0.25) is 0 Å². The van der Waals surface area contributed by atoms with Gasteiger partial charge in [0, 0.05) is 5.92 Å². The Morgan fingerprint density at radius 2 is 1.80 bits per heavy atom. The Morgan fingerprint density at radius 3 is 2.10 bits per heavy atom. The Bertz CT molecular complexity index is 100. The topological polar surface area (TPSA) is 26.0 Å². The van der Waals surface area contributed by atoms with E-state index < -0.39 is 5.79 Å². The van der Waals surface area contributed by atoms with Crippen LogP contribution in [0.4, 0.5) is 4.39 Å². The van der Waals surface area contributed by atoms with Crippen LogP contribution >= 0.6 is 0 Å². The van der Waals surface area contributed by atoms with Gasteiger partial charge in [-0.25, -0.2) is 4.39 Å². The van der Waals surface area contributed by atoms with Gasteiger partial charge in [-0.3, -0.25) is 5.73 Å². The minimum atomic E-state index is -1.43. The normalized spacial score (nSPS) is 27.9. The minimum Gasteiger partial charge on any atom is -0.299 e. The first-order valence-electron chi connectivity index (χ1n) is 4.08. The van der Waals surface area contributed by atoms with Crippen LogP contribution in [-0.4, -0.2) is 5.79 Å². The first-order chi connectivity index (χ1) is 4.61. The molecule has 1 rings (SSSR count). The summed E-state index contributed by atoms with van der Waals surface area (Å²) in [4.78, 5) is 0. The summed E-state index contributed by atoms with van der Waals surface area (Å²) in [5.41, 5.74) is 5.34. The first kappa shape index (κ1) is 7.99. The lowest BCUT2D eigenvalue weighted by Crippen LogP contribution is -2.40. The molecule has 0 amide bonds. The Balaban J connectivity index is 2.39. The van der Waals surface area contributed by atoms with Gasteiger partial charge in [-0.15, -0.1) is 0 Å². The van der Waals surface area contributed by atoms with Gasteiger partial charge in [0.25, 0.3) is 0 Å². The summed E-state index contributed by atoms with van der Waals surface area (Å²) in [6.45, 7) is 1.49. The molecule has 1 aliphatic carbocycles. The highest BCUT2D eigenvalue weighted by Crippen LogP contribution is 2.31. The molecule has 0 bridgehead atoms. The Morgan fingerprint density at radius 1 is 1.30 bits per heavy atom. The Labute approximate surface area is 61.8 Å². The van der Waals surface area contributed by atoms with Gasteiger partial charge < -0.3 is 0 Å². The fourth-order valence-corrected chi connectivity index (χ4v) is 1.67. The summed E-state index contributed by atoms with van der Waals surface area (Å²) < 4.78 is 13.1. The molecule has 2 heteroatoms. The largest absolute Gasteiger partial charge is 0.299 e. The monoisotopic (exact) mass is 145 g/mol. The predicted molar refractivity (Wildman–Crippen MR) is 40.3 cm³/mol. The van der Waals surface area contributed by atoms with Crippen molar-refractivity contribution in [2.45, 2.75) is 44.8 Å². The van der Waals surface area contributed by atoms with Crippen LogP contribution in [0.5, 0.6) is 0 Å². The van der Waals surface area contributed by atoms with Crippen molar-refractivity contribution in [3.05, 3.63) is 0 Å². The zero-order valence-electron chi connectivity index (χ0n) is 6.57. The molecule has 1 fully saturated rings. The molecule has 0 aromatic rings. The second-order valence-electron chi connectivity index (χ2n) is 3.49. The molecule has 2 N–H and O–H groups in total. The zero-order valence-corrected chi connectivity index (χ0v) is 6.57. The molecule has 0 spiro atoms. The molecule has 0 aromatic heterocycles. The SMILES string of the molecule is CC(N)(F)C1CCCCC1. The molecule has 1 atom stereocenters. The van der Waals surface area contributed by atoms with Crippen LogP contribution in [0.25, 0.3) is 0 Å². The zero-order chi connectivity index (χ0) is 7.61. The molecule has 60 valence electrons. The van der Waals surface area contributed by atoms with Crippen molar-refractivity contribution in [1.82, 2.24) is 0 Å². The molecular weight excluding hydrogens is 129 g/mol. The summed E-state index contributed by atoms with van der Waals surface area (Å²) in [5.74, 6) is -1.32. The van der Waals surface area contributed by atoms with Gasteiger partial charge in [0.15, 0.2) is 5.79 Å². The van der Waals surface area contributed by atoms with Crippen molar-refractivity contribution in [3.8, 4) is 0 Å². The standard InChI is InChI=1S/C8H16FN/c1-8(9,10)7-5-3-2-4-6-7/h7H,2-6,10H2,1H3. The summed E-state index contributed by atoms with van der Waals surface area (Å²) in [7, 11) is 0. The van der Waals surface area contributed by atoms with Gasteiger partial charge in [-0.05, 0) is 19.8 Å². The van der Waals surface area contributed by atoms with Crippen LogP contribution in [0.15, 0.2) is 0 Å². The van der Waals surface area contributed by atoms with Crippen molar-refractivity contribution in [2.75, 3.05) is 0 Å². The molecule has 1 aliphatic rings. The molecule has 1 nitrogen and oxygen atoms in total. The number of rotatable bonds is 1. The number of hydrogen-bond acceptors (Lipinski definition) is 1. The minimum absolute atomic E-state index is 0.112. The van der Waals surface area contributed by atoms with E-state index in [0.29, 0.717) is 0 Å². The van der Waals surface area contributed by atoms with Crippen LogP contribution in [0.1, 0.15) is 39.0 Å². The van der Waals surface area contributed by atoms with Gasteiger partial charge in [-0.2, -0.15) is 0 Å². The molecule has 1 unspecified atom stereocenters. The van der Waals surface area contributed by atoms with Gasteiger partial charge in [0.05, 0.1) is 0 Å².